The summed E-state index contributed by atoms with van der Waals surface area (Å²) < 4.78 is 15.0. The number of benzene rings is 3. The van der Waals surface area contributed by atoms with Gasteiger partial charge >= 0.3 is 5.90 Å². The van der Waals surface area contributed by atoms with Crippen LogP contribution in [0, 0.1) is 5.82 Å². The van der Waals surface area contributed by atoms with Crippen LogP contribution in [0.1, 0.15) is 12.0 Å². The molecule has 3 nitrogen and oxygen atoms in total. The van der Waals surface area contributed by atoms with Gasteiger partial charge in [-0.25, -0.2) is 4.39 Å². The predicted octanol–water partition coefficient (Wildman–Crippen LogP) is 6.90. The average Bonchev–Trinajstić information content (AvgIpc) is 2.62. The molecule has 0 saturated heterocycles. The molecule has 0 amide bonds. The highest BCUT2D eigenvalue weighted by molar-refractivity contribution is 6.39. The third-order valence-electron chi connectivity index (χ3n) is 4.69. The number of hydrogen-bond donors (Lipinski definition) is 2. The molecular formula is C21H14Cl3FNO2+. The highest BCUT2D eigenvalue weighted by Crippen LogP contribution is 2.44. The maximum Gasteiger partial charge on any atom is 0.346 e. The quantitative estimate of drug-likeness (QED) is 0.428. The predicted molar refractivity (Wildman–Crippen MR) is 112 cm³/mol. The number of aliphatic hydroxyl groups is 1. The minimum atomic E-state index is -0.446. The van der Waals surface area contributed by atoms with Crippen LogP contribution in [0.25, 0.3) is 11.1 Å². The molecule has 0 atom stereocenters. The molecule has 1 aliphatic heterocycles. The van der Waals surface area contributed by atoms with Gasteiger partial charge in [-0.1, -0.05) is 40.9 Å². The van der Waals surface area contributed by atoms with Gasteiger partial charge in [-0.2, -0.15) is 0 Å². The van der Waals surface area contributed by atoms with Crippen molar-refractivity contribution >= 4 is 52.1 Å². The molecule has 3 aromatic carbocycles. The third-order valence-corrected chi connectivity index (χ3v) is 5.61. The van der Waals surface area contributed by atoms with Crippen molar-refractivity contribution in [2.75, 3.05) is 0 Å². The fourth-order valence-electron chi connectivity index (χ4n) is 3.49. The molecular weight excluding hydrogens is 424 g/mol. The second-order valence-electron chi connectivity index (χ2n) is 6.44. The van der Waals surface area contributed by atoms with E-state index in [1.54, 1.807) is 30.3 Å². The Kier molecular flexibility index (Phi) is 4.96. The van der Waals surface area contributed by atoms with E-state index in [0.717, 1.165) is 5.56 Å². The monoisotopic (exact) mass is 436 g/mol. The van der Waals surface area contributed by atoms with Crippen LogP contribution in [0.4, 0.5) is 15.8 Å². The van der Waals surface area contributed by atoms with E-state index in [2.05, 4.69) is 0 Å². The smallest absolute Gasteiger partial charge is 0.346 e. The molecule has 28 heavy (non-hydrogen) atoms. The Bertz CT molecular complexity index is 1120. The zero-order valence-electron chi connectivity index (χ0n) is 14.4. The zero-order valence-corrected chi connectivity index (χ0v) is 16.7. The average molecular weight is 438 g/mol. The van der Waals surface area contributed by atoms with E-state index in [9.17, 15) is 14.6 Å². The van der Waals surface area contributed by atoms with Crippen LogP contribution >= 0.6 is 34.8 Å². The number of rotatable bonds is 2. The van der Waals surface area contributed by atoms with Crippen molar-refractivity contribution in [2.24, 2.45) is 0 Å². The van der Waals surface area contributed by atoms with E-state index < -0.39 is 5.82 Å². The Balaban J connectivity index is 2.01. The van der Waals surface area contributed by atoms with Crippen LogP contribution in [-0.2, 0) is 6.42 Å². The minimum Gasteiger partial charge on any atom is -0.508 e. The molecule has 142 valence electrons. The van der Waals surface area contributed by atoms with Gasteiger partial charge in [0.25, 0.3) is 5.69 Å². The summed E-state index contributed by atoms with van der Waals surface area (Å²) in [7, 11) is 0. The van der Waals surface area contributed by atoms with Crippen molar-refractivity contribution in [3.05, 3.63) is 75.0 Å². The topological polar surface area (TPSA) is 43.5 Å². The second-order valence-corrected chi connectivity index (χ2v) is 7.66. The molecule has 2 N–H and O–H groups in total. The lowest BCUT2D eigenvalue weighted by atomic mass is 9.92. The summed E-state index contributed by atoms with van der Waals surface area (Å²) in [6.07, 6.45) is 0.841. The first kappa shape index (κ1) is 19.1. The highest BCUT2D eigenvalue weighted by Gasteiger charge is 2.34. The number of phenolic OH excluding ortho intramolecular Hbond substituents is 1. The molecule has 0 spiro atoms. The molecule has 0 bridgehead atoms. The summed E-state index contributed by atoms with van der Waals surface area (Å²) in [6, 6.07) is 12.3. The number of fused-ring (bicyclic) bond motifs is 1. The van der Waals surface area contributed by atoms with Gasteiger partial charge in [0.1, 0.15) is 21.6 Å². The van der Waals surface area contributed by atoms with Gasteiger partial charge < -0.3 is 10.2 Å². The molecule has 0 fully saturated rings. The van der Waals surface area contributed by atoms with E-state index in [1.165, 1.54) is 22.8 Å². The Hall–Kier alpha value is -2.27. The molecule has 1 heterocycles. The molecule has 4 rings (SSSR count). The summed E-state index contributed by atoms with van der Waals surface area (Å²) >= 11 is 19.0. The fourth-order valence-corrected chi connectivity index (χ4v) is 4.33. The van der Waals surface area contributed by atoms with Gasteiger partial charge in [-0.15, -0.1) is 4.58 Å². The molecule has 0 radical (unpaired) electrons. The lowest BCUT2D eigenvalue weighted by Crippen LogP contribution is -2.23. The Labute approximate surface area is 175 Å². The van der Waals surface area contributed by atoms with Crippen LogP contribution < -0.4 is 4.58 Å². The molecule has 7 heteroatoms. The first-order valence-electron chi connectivity index (χ1n) is 8.47. The van der Waals surface area contributed by atoms with Crippen molar-refractivity contribution in [3.8, 4) is 16.9 Å². The van der Waals surface area contributed by atoms with Crippen molar-refractivity contribution in [2.45, 2.75) is 12.8 Å². The number of aromatic hydroxyl groups is 1. The number of aliphatic hydroxyl groups excluding tert-OH is 1. The first-order chi connectivity index (χ1) is 13.4. The third kappa shape index (κ3) is 3.22. The SMILES string of the molecule is OC1=[N+](c2c(Cl)cccc2Cl)c2cc(O)cc(-c3ccc(F)cc3Cl)c2CC1. The van der Waals surface area contributed by atoms with Crippen molar-refractivity contribution in [1.82, 2.24) is 4.58 Å². The normalized spacial score (nSPS) is 13.6. The summed E-state index contributed by atoms with van der Waals surface area (Å²) in [5.41, 5.74) is 3.03. The zero-order chi connectivity index (χ0) is 20.0. The van der Waals surface area contributed by atoms with Crippen LogP contribution in [0.2, 0.25) is 15.1 Å². The second kappa shape index (κ2) is 7.28. The molecule has 3 aromatic rings. The maximum absolute atomic E-state index is 13.5. The maximum atomic E-state index is 13.5. The highest BCUT2D eigenvalue weighted by atomic mass is 35.5. The molecule has 0 aromatic heterocycles. The van der Waals surface area contributed by atoms with Gasteiger partial charge in [-0.05, 0) is 48.4 Å². The standard InChI is InChI=1S/C21H13Cl3FNO2/c22-16-2-1-3-17(23)21(16)26-19-10-12(27)9-15(14(19)6-7-20(26)28)13-5-4-11(25)8-18(13)24/h1-5,8-10,27H,6-7H2/p+1. The van der Waals surface area contributed by atoms with Crippen LogP contribution in [-0.4, -0.2) is 16.1 Å². The van der Waals surface area contributed by atoms with Crippen LogP contribution in [0.15, 0.2) is 48.5 Å². The first-order valence-corrected chi connectivity index (χ1v) is 9.60. The van der Waals surface area contributed by atoms with Gasteiger partial charge in [0, 0.05) is 11.1 Å². The molecule has 0 unspecified atom stereocenters. The van der Waals surface area contributed by atoms with Crippen molar-refractivity contribution in [1.29, 1.82) is 0 Å². The minimum absolute atomic E-state index is 0.0305. The van der Waals surface area contributed by atoms with Gasteiger partial charge in [-0.3, -0.25) is 0 Å². The number of phenols is 1. The van der Waals surface area contributed by atoms with E-state index in [-0.39, 0.29) is 16.7 Å². The van der Waals surface area contributed by atoms with Crippen LogP contribution in [0.3, 0.4) is 0 Å². The van der Waals surface area contributed by atoms with E-state index in [4.69, 9.17) is 34.8 Å². The number of nitrogens with zero attached hydrogens (tertiary/aromatic N) is 1. The molecule has 0 saturated carbocycles. The number of para-hydroxylation sites is 1. The summed E-state index contributed by atoms with van der Waals surface area (Å²) in [5, 5.41) is 21.9. The largest absolute Gasteiger partial charge is 0.508 e. The van der Waals surface area contributed by atoms with Crippen molar-refractivity contribution < 1.29 is 14.6 Å². The van der Waals surface area contributed by atoms with Gasteiger partial charge in [0.2, 0.25) is 5.69 Å². The van der Waals surface area contributed by atoms with Gasteiger partial charge in [0.15, 0.2) is 0 Å². The number of halogens is 4. The van der Waals surface area contributed by atoms with Crippen molar-refractivity contribution in [3.63, 3.8) is 0 Å². The van der Waals surface area contributed by atoms with E-state index in [0.29, 0.717) is 45.4 Å². The summed E-state index contributed by atoms with van der Waals surface area (Å²) in [4.78, 5) is 0. The lowest BCUT2D eigenvalue weighted by molar-refractivity contribution is 0.474. The lowest BCUT2D eigenvalue weighted by Gasteiger charge is -2.19. The Morgan fingerprint density at radius 1 is 0.821 bits per heavy atom. The van der Waals surface area contributed by atoms with Gasteiger partial charge in [0.05, 0.1) is 17.5 Å². The van der Waals surface area contributed by atoms with Crippen LogP contribution in [0.5, 0.6) is 5.75 Å². The Morgan fingerprint density at radius 2 is 1.54 bits per heavy atom. The van der Waals surface area contributed by atoms with E-state index in [1.807, 2.05) is 0 Å². The summed E-state index contributed by atoms with van der Waals surface area (Å²) in [5.74, 6) is -0.417. The summed E-state index contributed by atoms with van der Waals surface area (Å²) in [6.45, 7) is 0. The molecule has 1 aliphatic rings. The molecule has 0 aliphatic carbocycles. The number of hydrogen-bond acceptors (Lipinski definition) is 1. The fraction of sp³-hybridized carbons (Fsp3) is 0.0952. The Morgan fingerprint density at radius 3 is 2.21 bits per heavy atom. The van der Waals surface area contributed by atoms with E-state index >= 15 is 0 Å².